The number of hydrogen-bond donors (Lipinski definition) is 1. The highest BCUT2D eigenvalue weighted by Crippen LogP contribution is 2.25. The second-order valence-corrected chi connectivity index (χ2v) is 6.22. The van der Waals surface area contributed by atoms with E-state index in [2.05, 4.69) is 5.10 Å². The van der Waals surface area contributed by atoms with Crippen molar-refractivity contribution >= 4 is 17.7 Å². The average Bonchev–Trinajstić information content (AvgIpc) is 2.53. The standard InChI is InChI=1S/C13H20ClN3O3/c1-13(2,3)20-12(19)16-5-4-6-17-10(7-16)11(14)9(8-18)15-17/h18H,4-8H2,1-3H3. The Kier molecular flexibility index (Phi) is 4.25. The molecule has 0 radical (unpaired) electrons. The quantitative estimate of drug-likeness (QED) is 0.863. The van der Waals surface area contributed by atoms with Crippen molar-refractivity contribution in [2.45, 2.75) is 52.5 Å². The number of halogens is 1. The molecular formula is C13H20ClN3O3. The predicted octanol–water partition coefficient (Wildman–Crippen LogP) is 2.17. The fraction of sp³-hybridized carbons (Fsp3) is 0.692. The minimum Gasteiger partial charge on any atom is -0.444 e. The maximum Gasteiger partial charge on any atom is 0.410 e. The van der Waals surface area contributed by atoms with Crippen LogP contribution in [-0.2, 0) is 24.4 Å². The van der Waals surface area contributed by atoms with Crippen molar-refractivity contribution in [3.63, 3.8) is 0 Å². The molecule has 20 heavy (non-hydrogen) atoms. The Labute approximate surface area is 123 Å². The average molecular weight is 302 g/mol. The number of aliphatic hydroxyl groups excluding tert-OH is 1. The maximum atomic E-state index is 12.1. The maximum absolute atomic E-state index is 12.1. The molecule has 2 rings (SSSR count). The number of fused-ring (bicyclic) bond motifs is 1. The third-order valence-electron chi connectivity index (χ3n) is 3.00. The van der Waals surface area contributed by atoms with Crippen molar-refractivity contribution in [2.75, 3.05) is 6.54 Å². The van der Waals surface area contributed by atoms with Crippen LogP contribution in [-0.4, -0.2) is 38.0 Å². The number of aliphatic hydroxyl groups is 1. The first-order valence-corrected chi connectivity index (χ1v) is 7.02. The fourth-order valence-electron chi connectivity index (χ4n) is 2.12. The Hall–Kier alpha value is -1.27. The van der Waals surface area contributed by atoms with E-state index >= 15 is 0 Å². The fourth-order valence-corrected chi connectivity index (χ4v) is 2.38. The van der Waals surface area contributed by atoms with Crippen LogP contribution in [0.5, 0.6) is 0 Å². The first-order valence-electron chi connectivity index (χ1n) is 6.64. The summed E-state index contributed by atoms with van der Waals surface area (Å²) in [6, 6.07) is 0. The number of aryl methyl sites for hydroxylation is 1. The molecule has 0 saturated carbocycles. The van der Waals surface area contributed by atoms with Crippen LogP contribution in [0.4, 0.5) is 4.79 Å². The molecule has 2 heterocycles. The number of aromatic nitrogens is 2. The Morgan fingerprint density at radius 2 is 2.15 bits per heavy atom. The minimum atomic E-state index is -0.524. The summed E-state index contributed by atoms with van der Waals surface area (Å²) in [5.41, 5.74) is 0.677. The molecule has 0 aliphatic carbocycles. The highest BCUT2D eigenvalue weighted by Gasteiger charge is 2.27. The molecule has 0 unspecified atom stereocenters. The molecule has 0 saturated heterocycles. The Morgan fingerprint density at radius 1 is 1.45 bits per heavy atom. The van der Waals surface area contributed by atoms with Crippen LogP contribution < -0.4 is 0 Å². The highest BCUT2D eigenvalue weighted by molar-refractivity contribution is 6.31. The Morgan fingerprint density at radius 3 is 2.75 bits per heavy atom. The van der Waals surface area contributed by atoms with Crippen molar-refractivity contribution < 1.29 is 14.6 Å². The van der Waals surface area contributed by atoms with E-state index in [9.17, 15) is 9.90 Å². The van der Waals surface area contributed by atoms with Crippen molar-refractivity contribution in [2.24, 2.45) is 0 Å². The van der Waals surface area contributed by atoms with Crippen LogP contribution in [0.1, 0.15) is 38.6 Å². The number of hydrogen-bond acceptors (Lipinski definition) is 4. The summed E-state index contributed by atoms with van der Waals surface area (Å²) in [6.07, 6.45) is 0.420. The molecule has 1 aromatic heterocycles. The summed E-state index contributed by atoms with van der Waals surface area (Å²) in [6.45, 7) is 6.93. The van der Waals surface area contributed by atoms with Gasteiger partial charge in [0, 0.05) is 13.1 Å². The Bertz CT molecular complexity index is 508. The lowest BCUT2D eigenvalue weighted by atomic mass is 10.2. The number of ether oxygens (including phenoxy) is 1. The van der Waals surface area contributed by atoms with Crippen LogP contribution in [0.2, 0.25) is 5.02 Å². The summed E-state index contributed by atoms with van der Waals surface area (Å²) in [5.74, 6) is 0. The van der Waals surface area contributed by atoms with Crippen molar-refractivity contribution in [1.82, 2.24) is 14.7 Å². The summed E-state index contributed by atoms with van der Waals surface area (Å²) in [5, 5.41) is 13.9. The van der Waals surface area contributed by atoms with Gasteiger partial charge in [0.05, 0.1) is 23.9 Å². The highest BCUT2D eigenvalue weighted by atomic mass is 35.5. The smallest absolute Gasteiger partial charge is 0.410 e. The van der Waals surface area contributed by atoms with Gasteiger partial charge in [-0.25, -0.2) is 4.79 Å². The van der Waals surface area contributed by atoms with Gasteiger partial charge in [-0.3, -0.25) is 4.68 Å². The summed E-state index contributed by atoms with van der Waals surface area (Å²) >= 11 is 6.20. The van der Waals surface area contributed by atoms with Gasteiger partial charge in [-0.1, -0.05) is 11.6 Å². The van der Waals surface area contributed by atoms with E-state index < -0.39 is 5.60 Å². The second kappa shape index (κ2) is 5.61. The second-order valence-electron chi connectivity index (χ2n) is 5.84. The van der Waals surface area contributed by atoms with Gasteiger partial charge < -0.3 is 14.7 Å². The van der Waals surface area contributed by atoms with Gasteiger partial charge in [0.2, 0.25) is 0 Å². The number of carbonyl (C=O) groups excluding carboxylic acids is 1. The van der Waals surface area contributed by atoms with E-state index in [1.165, 1.54) is 0 Å². The molecule has 1 N–H and O–H groups in total. The van der Waals surface area contributed by atoms with Crippen LogP contribution in [0, 0.1) is 0 Å². The molecule has 1 aliphatic rings. The molecule has 1 amide bonds. The molecule has 6 nitrogen and oxygen atoms in total. The molecule has 1 aromatic rings. The first-order chi connectivity index (χ1) is 9.31. The number of rotatable bonds is 1. The van der Waals surface area contributed by atoms with Gasteiger partial charge in [-0.2, -0.15) is 5.10 Å². The van der Waals surface area contributed by atoms with Crippen molar-refractivity contribution in [1.29, 1.82) is 0 Å². The SMILES string of the molecule is CC(C)(C)OC(=O)N1CCCn2nc(CO)c(Cl)c2C1. The topological polar surface area (TPSA) is 67.6 Å². The van der Waals surface area contributed by atoms with Crippen LogP contribution in [0.25, 0.3) is 0 Å². The van der Waals surface area contributed by atoms with E-state index in [0.29, 0.717) is 30.4 Å². The number of amides is 1. The largest absolute Gasteiger partial charge is 0.444 e. The summed E-state index contributed by atoms with van der Waals surface area (Å²) in [7, 11) is 0. The van der Waals surface area contributed by atoms with E-state index in [1.54, 1.807) is 9.58 Å². The lowest BCUT2D eigenvalue weighted by Crippen LogP contribution is -2.36. The zero-order valence-corrected chi connectivity index (χ0v) is 12.8. The van der Waals surface area contributed by atoms with E-state index in [0.717, 1.165) is 12.1 Å². The third-order valence-corrected chi connectivity index (χ3v) is 3.44. The van der Waals surface area contributed by atoms with Crippen LogP contribution >= 0.6 is 11.6 Å². The molecule has 0 bridgehead atoms. The van der Waals surface area contributed by atoms with Gasteiger partial charge in [-0.05, 0) is 27.2 Å². The molecule has 0 spiro atoms. The van der Waals surface area contributed by atoms with Crippen molar-refractivity contribution in [3.8, 4) is 0 Å². The molecule has 112 valence electrons. The van der Waals surface area contributed by atoms with Gasteiger partial charge in [-0.15, -0.1) is 0 Å². The monoisotopic (exact) mass is 301 g/mol. The Balaban J connectivity index is 2.19. The predicted molar refractivity (Wildman–Crippen MR) is 74.4 cm³/mol. The van der Waals surface area contributed by atoms with Gasteiger partial charge in [0.15, 0.2) is 0 Å². The zero-order valence-electron chi connectivity index (χ0n) is 12.0. The van der Waals surface area contributed by atoms with Gasteiger partial charge in [0.25, 0.3) is 0 Å². The molecule has 0 aromatic carbocycles. The van der Waals surface area contributed by atoms with Crippen LogP contribution in [0.3, 0.4) is 0 Å². The summed E-state index contributed by atoms with van der Waals surface area (Å²) < 4.78 is 7.15. The van der Waals surface area contributed by atoms with Crippen molar-refractivity contribution in [3.05, 3.63) is 16.4 Å². The molecule has 1 aliphatic heterocycles. The normalized spacial score (nSPS) is 15.8. The number of nitrogens with zero attached hydrogens (tertiary/aromatic N) is 3. The number of carbonyl (C=O) groups is 1. The van der Waals surface area contributed by atoms with Gasteiger partial charge >= 0.3 is 6.09 Å². The molecule has 0 atom stereocenters. The molecule has 0 fully saturated rings. The van der Waals surface area contributed by atoms with E-state index in [1.807, 2.05) is 20.8 Å². The lowest BCUT2D eigenvalue weighted by Gasteiger charge is -2.26. The summed E-state index contributed by atoms with van der Waals surface area (Å²) in [4.78, 5) is 13.8. The minimum absolute atomic E-state index is 0.203. The zero-order chi connectivity index (χ0) is 14.9. The molecular weight excluding hydrogens is 282 g/mol. The van der Waals surface area contributed by atoms with Gasteiger partial charge in [0.1, 0.15) is 11.3 Å². The molecule has 7 heteroatoms. The van der Waals surface area contributed by atoms with Crippen LogP contribution in [0.15, 0.2) is 0 Å². The first kappa shape index (κ1) is 15.1. The van der Waals surface area contributed by atoms with E-state index in [4.69, 9.17) is 16.3 Å². The lowest BCUT2D eigenvalue weighted by molar-refractivity contribution is 0.0236. The third kappa shape index (κ3) is 3.24. The van der Waals surface area contributed by atoms with E-state index in [-0.39, 0.29) is 12.7 Å².